The second-order valence-electron chi connectivity index (χ2n) is 7.09. The summed E-state index contributed by atoms with van der Waals surface area (Å²) in [6, 6.07) is 7.38. The summed E-state index contributed by atoms with van der Waals surface area (Å²) in [6.45, 7) is 8.09. The number of nitrogens with zero attached hydrogens (tertiary/aromatic N) is 3. The van der Waals surface area contributed by atoms with Crippen LogP contribution in [-0.4, -0.2) is 28.1 Å². The molecule has 136 valence electrons. The molecule has 0 fully saturated rings. The van der Waals surface area contributed by atoms with E-state index >= 15 is 0 Å². The van der Waals surface area contributed by atoms with Gasteiger partial charge < -0.3 is 10.2 Å². The normalized spacial score (nSPS) is 13.9. The van der Waals surface area contributed by atoms with Crippen LogP contribution >= 0.6 is 0 Å². The van der Waals surface area contributed by atoms with Crippen LogP contribution in [0, 0.1) is 0 Å². The minimum absolute atomic E-state index is 0.112. The van der Waals surface area contributed by atoms with Gasteiger partial charge in [-0.25, -0.2) is 0 Å². The van der Waals surface area contributed by atoms with Gasteiger partial charge in [-0.3, -0.25) is 14.3 Å². The summed E-state index contributed by atoms with van der Waals surface area (Å²) >= 11 is 0. The van der Waals surface area contributed by atoms with Crippen LogP contribution in [0.5, 0.6) is 0 Å². The number of aromatic nitrogens is 2. The molecule has 1 aromatic heterocycles. The second kappa shape index (κ2) is 6.78. The van der Waals surface area contributed by atoms with E-state index < -0.39 is 5.54 Å². The van der Waals surface area contributed by atoms with Crippen LogP contribution in [0.4, 0.5) is 5.69 Å². The topological polar surface area (TPSA) is 67.2 Å². The van der Waals surface area contributed by atoms with Crippen molar-refractivity contribution in [1.29, 1.82) is 0 Å². The number of rotatable bonds is 4. The molecular formula is C20H24N4O2. The molecule has 0 bridgehead atoms. The zero-order chi connectivity index (χ0) is 18.9. The lowest BCUT2D eigenvalue weighted by Crippen LogP contribution is -2.41. The minimum Gasteiger partial charge on any atom is -0.341 e. The molecule has 1 aromatic carbocycles. The zero-order valence-electron chi connectivity index (χ0n) is 15.5. The average Bonchev–Trinajstić information content (AvgIpc) is 3.07. The summed E-state index contributed by atoms with van der Waals surface area (Å²) in [6.07, 6.45) is 4.90. The van der Waals surface area contributed by atoms with Crippen LogP contribution in [0.15, 0.2) is 43.1 Å². The molecule has 0 spiro atoms. The Kier molecular flexibility index (Phi) is 4.68. The molecular weight excluding hydrogens is 328 g/mol. The highest BCUT2D eigenvalue weighted by atomic mass is 16.2. The Labute approximate surface area is 153 Å². The fourth-order valence-electron chi connectivity index (χ4n) is 3.25. The molecule has 6 heteroatoms. The predicted octanol–water partition coefficient (Wildman–Crippen LogP) is 2.55. The van der Waals surface area contributed by atoms with Crippen LogP contribution in [0.2, 0.25) is 0 Å². The van der Waals surface area contributed by atoms with Crippen molar-refractivity contribution in [2.45, 2.75) is 32.2 Å². The number of carbonyl (C=O) groups is 2. The molecule has 1 aliphatic heterocycles. The second-order valence-corrected chi connectivity index (χ2v) is 7.09. The molecule has 0 saturated heterocycles. The molecule has 1 aliphatic rings. The van der Waals surface area contributed by atoms with Crippen LogP contribution < -0.4 is 10.2 Å². The first-order valence-corrected chi connectivity index (χ1v) is 8.71. The maximum Gasteiger partial charge on any atom is 0.252 e. The monoisotopic (exact) mass is 352 g/mol. The fourth-order valence-corrected chi connectivity index (χ4v) is 3.25. The van der Waals surface area contributed by atoms with Crippen molar-refractivity contribution in [3.05, 3.63) is 59.9 Å². The van der Waals surface area contributed by atoms with E-state index in [0.717, 1.165) is 29.8 Å². The highest BCUT2D eigenvalue weighted by Crippen LogP contribution is 2.29. The summed E-state index contributed by atoms with van der Waals surface area (Å²) < 4.78 is 1.72. The maximum absolute atomic E-state index is 12.8. The van der Waals surface area contributed by atoms with E-state index in [-0.39, 0.29) is 11.8 Å². The number of benzene rings is 1. The van der Waals surface area contributed by atoms with E-state index in [1.54, 1.807) is 15.6 Å². The number of carbonyl (C=O) groups excluding carboxylic acids is 2. The summed E-state index contributed by atoms with van der Waals surface area (Å²) in [5, 5.41) is 7.43. The summed E-state index contributed by atoms with van der Waals surface area (Å²) in [5.41, 5.74) is 2.67. The first-order valence-electron chi connectivity index (χ1n) is 8.71. The quantitative estimate of drug-likeness (QED) is 0.860. The zero-order valence-corrected chi connectivity index (χ0v) is 15.5. The number of amides is 2. The molecule has 2 amide bonds. The van der Waals surface area contributed by atoms with E-state index in [0.29, 0.717) is 12.1 Å². The molecule has 0 unspecified atom stereocenters. The van der Waals surface area contributed by atoms with Crippen LogP contribution in [0.25, 0.3) is 0 Å². The lowest BCUT2D eigenvalue weighted by Gasteiger charge is -2.29. The molecule has 0 aliphatic carbocycles. The van der Waals surface area contributed by atoms with Gasteiger partial charge in [-0.05, 0) is 62.6 Å². The highest BCUT2D eigenvalue weighted by molar-refractivity contribution is 6.02. The van der Waals surface area contributed by atoms with Gasteiger partial charge in [0.25, 0.3) is 5.91 Å². The van der Waals surface area contributed by atoms with E-state index in [1.807, 2.05) is 45.3 Å². The van der Waals surface area contributed by atoms with Gasteiger partial charge >= 0.3 is 0 Å². The number of hydrogen-bond acceptors (Lipinski definition) is 3. The number of aryl methyl sites for hydroxylation is 2. The van der Waals surface area contributed by atoms with Crippen LogP contribution in [0.3, 0.4) is 0 Å². The molecule has 0 radical (unpaired) electrons. The third kappa shape index (κ3) is 3.40. The van der Waals surface area contributed by atoms with Crippen LogP contribution in [-0.2, 0) is 23.8 Å². The molecule has 0 saturated carbocycles. The SMILES string of the molecule is C=CC(=O)N1CCCc2cc(C(=O)NC(C)(C)c3ccn(C)n3)ccc21. The standard InChI is InChI=1S/C20H24N4O2/c1-5-18(25)24-11-6-7-14-13-15(8-9-16(14)24)19(26)21-20(2,3)17-10-12-23(4)22-17/h5,8-10,12-13H,1,6-7,11H2,2-4H3,(H,21,26). The number of hydrogen-bond donors (Lipinski definition) is 1. The summed E-state index contributed by atoms with van der Waals surface area (Å²) in [4.78, 5) is 26.5. The van der Waals surface area contributed by atoms with Gasteiger partial charge in [-0.15, -0.1) is 0 Å². The molecule has 0 atom stereocenters. The molecule has 3 rings (SSSR count). The number of fused-ring (bicyclic) bond motifs is 1. The van der Waals surface area contributed by atoms with E-state index in [2.05, 4.69) is 17.0 Å². The first kappa shape index (κ1) is 17.9. The Balaban J connectivity index is 1.83. The predicted molar refractivity (Wildman–Crippen MR) is 101 cm³/mol. The lowest BCUT2D eigenvalue weighted by atomic mass is 9.97. The van der Waals surface area contributed by atoms with Gasteiger partial charge in [0.05, 0.1) is 11.2 Å². The highest BCUT2D eigenvalue weighted by Gasteiger charge is 2.27. The van der Waals surface area contributed by atoms with Gasteiger partial charge in [-0.2, -0.15) is 5.10 Å². The number of anilines is 1. The van der Waals surface area contributed by atoms with Gasteiger partial charge in [0.15, 0.2) is 0 Å². The van der Waals surface area contributed by atoms with Crippen molar-refractivity contribution < 1.29 is 9.59 Å². The third-order valence-corrected chi connectivity index (χ3v) is 4.68. The largest absolute Gasteiger partial charge is 0.341 e. The minimum atomic E-state index is -0.584. The van der Waals surface area contributed by atoms with Crippen molar-refractivity contribution in [2.75, 3.05) is 11.4 Å². The fraction of sp³-hybridized carbons (Fsp3) is 0.350. The van der Waals surface area contributed by atoms with Crippen molar-refractivity contribution in [2.24, 2.45) is 7.05 Å². The molecule has 1 N–H and O–H groups in total. The average molecular weight is 352 g/mol. The Morgan fingerprint density at radius 2 is 2.08 bits per heavy atom. The van der Waals surface area contributed by atoms with Gasteiger partial charge in [0.1, 0.15) is 0 Å². The summed E-state index contributed by atoms with van der Waals surface area (Å²) in [5.74, 6) is -0.268. The molecule has 6 nitrogen and oxygen atoms in total. The van der Waals surface area contributed by atoms with Crippen molar-refractivity contribution in [3.63, 3.8) is 0 Å². The van der Waals surface area contributed by atoms with Crippen molar-refractivity contribution >= 4 is 17.5 Å². The third-order valence-electron chi connectivity index (χ3n) is 4.68. The Morgan fingerprint density at radius 3 is 2.73 bits per heavy atom. The smallest absolute Gasteiger partial charge is 0.252 e. The Bertz CT molecular complexity index is 866. The lowest BCUT2D eigenvalue weighted by molar-refractivity contribution is -0.114. The summed E-state index contributed by atoms with van der Waals surface area (Å²) in [7, 11) is 1.85. The van der Waals surface area contributed by atoms with Gasteiger partial charge in [-0.1, -0.05) is 6.58 Å². The molecule has 26 heavy (non-hydrogen) atoms. The van der Waals surface area contributed by atoms with E-state index in [9.17, 15) is 9.59 Å². The number of nitrogens with one attached hydrogen (secondary N) is 1. The Hall–Kier alpha value is -2.89. The van der Waals surface area contributed by atoms with Gasteiger partial charge in [0, 0.05) is 31.0 Å². The van der Waals surface area contributed by atoms with E-state index in [4.69, 9.17) is 0 Å². The molecule has 2 heterocycles. The van der Waals surface area contributed by atoms with Crippen LogP contribution in [0.1, 0.15) is 41.9 Å². The van der Waals surface area contributed by atoms with Gasteiger partial charge in [0.2, 0.25) is 5.91 Å². The van der Waals surface area contributed by atoms with Crippen molar-refractivity contribution in [1.82, 2.24) is 15.1 Å². The molecule has 2 aromatic rings. The Morgan fingerprint density at radius 1 is 1.31 bits per heavy atom. The van der Waals surface area contributed by atoms with Crippen molar-refractivity contribution in [3.8, 4) is 0 Å². The first-order chi connectivity index (χ1) is 12.3. The maximum atomic E-state index is 12.8. The van der Waals surface area contributed by atoms with E-state index in [1.165, 1.54) is 6.08 Å².